The number of nitrogens with one attached hydrogen (secondary N) is 2. The topological polar surface area (TPSA) is 160 Å². The Morgan fingerprint density at radius 1 is 0.382 bits per heavy atom. The molecule has 10 heterocycles. The van der Waals surface area contributed by atoms with Crippen molar-refractivity contribution in [2.24, 2.45) is 0 Å². The van der Waals surface area contributed by atoms with Crippen LogP contribution in [0.5, 0.6) is 0 Å². The summed E-state index contributed by atoms with van der Waals surface area (Å²) < 4.78 is 0. The van der Waals surface area contributed by atoms with E-state index in [-0.39, 0.29) is 5.28 Å². The number of hydrogen-bond acceptors (Lipinski definition) is 17. The van der Waals surface area contributed by atoms with Gasteiger partial charge in [0.25, 0.3) is 0 Å². The number of aromatic nitrogens is 9. The lowest BCUT2D eigenvalue weighted by Gasteiger charge is -2.36. The molecule has 12 bridgehead atoms. The minimum absolute atomic E-state index is 0.184. The Kier molecular flexibility index (Phi) is 10.1. The predicted molar refractivity (Wildman–Crippen MR) is 215 cm³/mol. The van der Waals surface area contributed by atoms with Crippen molar-refractivity contribution in [1.82, 2.24) is 44.9 Å². The van der Waals surface area contributed by atoms with Gasteiger partial charge in [-0.15, -0.1) is 0 Å². The standard InChI is InChI=1S/C37H44ClN17/c38-29-41-32-47-33(42-29)51-17-21-53(22-18-51)35-44-31(40-14-12-28-9-5-2-6-10-28)46-37(49-35)55-25-23-54(24-26-55)36-45-30(39-13-11-27-7-3-1-4-8-27)43-34(48-36)52-19-15-50(32)16-20-52/h1-10H,11-26H2,(H,39,43,45,48)(H,40,44,46,49). The Balaban J connectivity index is 1.01. The van der Waals surface area contributed by atoms with Gasteiger partial charge in [0.05, 0.1) is 0 Å². The summed E-state index contributed by atoms with van der Waals surface area (Å²) in [5, 5.41) is 7.15. The Labute approximate surface area is 324 Å². The summed E-state index contributed by atoms with van der Waals surface area (Å²) in [6.45, 7) is 9.75. The number of fused-ring (bicyclic) bond motifs is 3. The number of hydrogen-bond donors (Lipinski definition) is 2. The molecule has 18 heteroatoms. The Morgan fingerprint density at radius 2 is 0.655 bits per heavy atom. The van der Waals surface area contributed by atoms with E-state index in [4.69, 9.17) is 46.5 Å². The molecule has 3 fully saturated rings. The summed E-state index contributed by atoms with van der Waals surface area (Å²) in [4.78, 5) is 57.0. The van der Waals surface area contributed by atoms with Crippen LogP contribution in [-0.4, -0.2) is 136 Å². The molecule has 7 aliphatic rings. The fraction of sp³-hybridized carbons (Fsp3) is 0.432. The number of piperazine rings is 3. The summed E-state index contributed by atoms with van der Waals surface area (Å²) in [6, 6.07) is 20.9. The highest BCUT2D eigenvalue weighted by atomic mass is 35.5. The first-order valence-corrected chi connectivity index (χ1v) is 19.5. The summed E-state index contributed by atoms with van der Waals surface area (Å²) in [6.07, 6.45) is 1.72. The maximum Gasteiger partial charge on any atom is 0.232 e. The van der Waals surface area contributed by atoms with E-state index < -0.39 is 0 Å². The molecule has 0 amide bonds. The highest BCUT2D eigenvalue weighted by molar-refractivity contribution is 6.28. The van der Waals surface area contributed by atoms with E-state index in [2.05, 4.69) is 98.5 Å². The first kappa shape index (κ1) is 34.9. The lowest BCUT2D eigenvalue weighted by molar-refractivity contribution is 0.612. The van der Waals surface area contributed by atoms with Crippen molar-refractivity contribution in [3.05, 3.63) is 77.1 Å². The largest absolute Gasteiger partial charge is 0.354 e. The van der Waals surface area contributed by atoms with Crippen LogP contribution in [0.3, 0.4) is 0 Å². The second-order valence-electron chi connectivity index (χ2n) is 14.0. The van der Waals surface area contributed by atoms with Crippen molar-refractivity contribution in [3.8, 4) is 0 Å². The summed E-state index contributed by atoms with van der Waals surface area (Å²) in [5.41, 5.74) is 2.51. The lowest BCUT2D eigenvalue weighted by atomic mass is 10.1. The second kappa shape index (κ2) is 15.9. The van der Waals surface area contributed by atoms with Crippen LogP contribution in [0.25, 0.3) is 0 Å². The zero-order valence-electron chi connectivity index (χ0n) is 30.7. The molecule has 12 rings (SSSR count). The van der Waals surface area contributed by atoms with E-state index in [0.29, 0.717) is 139 Å². The number of anilines is 8. The molecule has 55 heavy (non-hydrogen) atoms. The zero-order chi connectivity index (χ0) is 37.0. The smallest absolute Gasteiger partial charge is 0.232 e. The fourth-order valence-electron chi connectivity index (χ4n) is 7.29. The molecule has 5 aromatic rings. The third-order valence-electron chi connectivity index (χ3n) is 10.4. The number of nitrogens with zero attached hydrogens (tertiary/aromatic N) is 15. The van der Waals surface area contributed by atoms with Gasteiger partial charge in [0.15, 0.2) is 0 Å². The molecule has 2 aromatic carbocycles. The Bertz CT molecular complexity index is 1910. The molecular formula is C37H44ClN17. The van der Waals surface area contributed by atoms with Gasteiger partial charge >= 0.3 is 0 Å². The molecule has 2 N–H and O–H groups in total. The molecule has 7 aliphatic heterocycles. The summed E-state index contributed by atoms with van der Waals surface area (Å²) in [5.74, 6) is 4.91. The van der Waals surface area contributed by atoms with Gasteiger partial charge in [-0.2, -0.15) is 44.9 Å². The minimum atomic E-state index is 0.184. The van der Waals surface area contributed by atoms with Gasteiger partial charge in [0, 0.05) is 91.6 Å². The van der Waals surface area contributed by atoms with E-state index in [0.717, 1.165) is 12.8 Å². The van der Waals surface area contributed by atoms with Crippen LogP contribution >= 0.6 is 11.6 Å². The summed E-state index contributed by atoms with van der Waals surface area (Å²) in [7, 11) is 0. The average Bonchev–Trinajstić information content (AvgIpc) is 3.24. The highest BCUT2D eigenvalue weighted by Gasteiger charge is 2.29. The van der Waals surface area contributed by atoms with Crippen LogP contribution in [0.2, 0.25) is 5.28 Å². The molecule has 0 atom stereocenters. The van der Waals surface area contributed by atoms with E-state index in [1.54, 1.807) is 0 Å². The van der Waals surface area contributed by atoms with Crippen LogP contribution < -0.4 is 40.0 Å². The van der Waals surface area contributed by atoms with Crippen molar-refractivity contribution in [1.29, 1.82) is 0 Å². The second-order valence-corrected chi connectivity index (χ2v) is 14.3. The molecule has 0 radical (unpaired) electrons. The van der Waals surface area contributed by atoms with Gasteiger partial charge in [-0.25, -0.2) is 0 Å². The van der Waals surface area contributed by atoms with Crippen molar-refractivity contribution in [3.63, 3.8) is 0 Å². The number of halogens is 1. The van der Waals surface area contributed by atoms with E-state index in [1.165, 1.54) is 11.1 Å². The van der Waals surface area contributed by atoms with E-state index in [1.807, 2.05) is 12.1 Å². The number of benzene rings is 2. The van der Waals surface area contributed by atoms with Crippen LogP contribution in [0.4, 0.5) is 47.6 Å². The molecular weight excluding hydrogens is 718 g/mol. The zero-order valence-corrected chi connectivity index (χ0v) is 31.4. The predicted octanol–water partition coefficient (Wildman–Crippen LogP) is 2.50. The first-order chi connectivity index (χ1) is 27.1. The molecule has 0 unspecified atom stereocenters. The third-order valence-corrected chi connectivity index (χ3v) is 10.6. The maximum atomic E-state index is 6.53. The summed E-state index contributed by atoms with van der Waals surface area (Å²) >= 11 is 6.53. The molecule has 284 valence electrons. The quantitative estimate of drug-likeness (QED) is 0.237. The van der Waals surface area contributed by atoms with Crippen molar-refractivity contribution >= 4 is 59.2 Å². The number of rotatable bonds is 8. The maximum absolute atomic E-state index is 6.53. The van der Waals surface area contributed by atoms with Gasteiger partial charge in [0.1, 0.15) is 0 Å². The van der Waals surface area contributed by atoms with Gasteiger partial charge < -0.3 is 40.0 Å². The van der Waals surface area contributed by atoms with Gasteiger partial charge in [-0.3, -0.25) is 0 Å². The van der Waals surface area contributed by atoms with Crippen molar-refractivity contribution < 1.29 is 0 Å². The molecule has 17 nitrogen and oxygen atoms in total. The van der Waals surface area contributed by atoms with Gasteiger partial charge in [0.2, 0.25) is 52.9 Å². The normalized spacial score (nSPS) is 16.7. The third kappa shape index (κ3) is 8.16. The van der Waals surface area contributed by atoms with E-state index in [9.17, 15) is 0 Å². The minimum Gasteiger partial charge on any atom is -0.354 e. The van der Waals surface area contributed by atoms with Gasteiger partial charge in [-0.05, 0) is 35.6 Å². The van der Waals surface area contributed by atoms with Crippen LogP contribution in [-0.2, 0) is 12.8 Å². The monoisotopic (exact) mass is 761 g/mol. The average molecular weight is 762 g/mol. The Hall–Kier alpha value is -5.84. The Morgan fingerprint density at radius 3 is 0.945 bits per heavy atom. The molecule has 3 aromatic heterocycles. The van der Waals surface area contributed by atoms with E-state index >= 15 is 0 Å². The highest BCUT2D eigenvalue weighted by Crippen LogP contribution is 2.26. The SMILES string of the molecule is Clc1nc2nc(n1)N1CCN(CC1)c1nc(NCCc3ccccc3)nc(n1)N1CCN(CC1)c1nc(NCCc3ccccc3)nc(n1)N1CCN2CC1. The first-order valence-electron chi connectivity index (χ1n) is 19.1. The van der Waals surface area contributed by atoms with Gasteiger partial charge in [-0.1, -0.05) is 60.7 Å². The molecule has 0 aliphatic carbocycles. The van der Waals surface area contributed by atoms with Crippen LogP contribution in [0.15, 0.2) is 60.7 Å². The van der Waals surface area contributed by atoms with Crippen molar-refractivity contribution in [2.75, 3.05) is 132 Å². The van der Waals surface area contributed by atoms with Crippen LogP contribution in [0.1, 0.15) is 11.1 Å². The molecule has 0 saturated carbocycles. The fourth-order valence-corrected chi connectivity index (χ4v) is 7.44. The lowest BCUT2D eigenvalue weighted by Crippen LogP contribution is -2.49. The molecule has 0 spiro atoms. The van der Waals surface area contributed by atoms with Crippen LogP contribution in [0, 0.1) is 0 Å². The van der Waals surface area contributed by atoms with Crippen molar-refractivity contribution in [2.45, 2.75) is 12.8 Å². The molecule has 3 saturated heterocycles.